The molecule has 1 aliphatic rings. The van der Waals surface area contributed by atoms with Crippen molar-refractivity contribution in [3.05, 3.63) is 34.3 Å². The maximum atomic E-state index is 10.3. The van der Waals surface area contributed by atoms with Crippen molar-refractivity contribution in [2.75, 3.05) is 19.8 Å². The minimum atomic E-state index is -0.611. The first-order valence-corrected chi connectivity index (χ1v) is 6.73. The summed E-state index contributed by atoms with van der Waals surface area (Å²) in [7, 11) is 0. The van der Waals surface area contributed by atoms with Crippen molar-refractivity contribution < 1.29 is 9.84 Å². The van der Waals surface area contributed by atoms with E-state index in [1.165, 1.54) is 5.56 Å². The maximum Gasteiger partial charge on any atom is 0.0815 e. The quantitative estimate of drug-likeness (QED) is 0.881. The first-order valence-electron chi connectivity index (χ1n) is 6.35. The van der Waals surface area contributed by atoms with E-state index in [1.54, 1.807) is 0 Å². The lowest BCUT2D eigenvalue weighted by molar-refractivity contribution is -0.0617. The summed E-state index contributed by atoms with van der Waals surface area (Å²) in [5.74, 6) is 0. The zero-order valence-corrected chi connectivity index (χ0v) is 11.5. The second kappa shape index (κ2) is 6.02. The first kappa shape index (κ1) is 13.8. The van der Waals surface area contributed by atoms with Crippen molar-refractivity contribution in [1.29, 1.82) is 0 Å². The third-order valence-electron chi connectivity index (χ3n) is 3.43. The number of aliphatic hydroxyl groups is 1. The Morgan fingerprint density at radius 1 is 1.39 bits per heavy atom. The van der Waals surface area contributed by atoms with Gasteiger partial charge in [0.25, 0.3) is 0 Å². The molecule has 1 saturated heterocycles. The van der Waals surface area contributed by atoms with E-state index in [-0.39, 0.29) is 0 Å². The van der Waals surface area contributed by atoms with Gasteiger partial charge in [-0.05, 0) is 24.1 Å². The molecule has 0 aromatic heterocycles. The van der Waals surface area contributed by atoms with Crippen molar-refractivity contribution in [3.8, 4) is 0 Å². The lowest BCUT2D eigenvalue weighted by Gasteiger charge is -2.32. The fraction of sp³-hybridized carbons (Fsp3) is 0.571. The van der Waals surface area contributed by atoms with Gasteiger partial charge in [0.1, 0.15) is 0 Å². The molecular formula is C14H20ClNO2. The molecule has 0 radical (unpaired) electrons. The van der Waals surface area contributed by atoms with Crippen LogP contribution in [0.15, 0.2) is 18.2 Å². The van der Waals surface area contributed by atoms with Crippen LogP contribution < -0.4 is 5.32 Å². The highest BCUT2D eigenvalue weighted by atomic mass is 35.5. The molecule has 0 unspecified atom stereocenters. The Bertz CT molecular complexity index is 403. The zero-order chi connectivity index (χ0) is 13.0. The molecular weight excluding hydrogens is 250 g/mol. The highest BCUT2D eigenvalue weighted by Gasteiger charge is 2.28. The molecule has 0 saturated carbocycles. The summed E-state index contributed by atoms with van der Waals surface area (Å²) in [6.07, 6.45) is 1.42. The van der Waals surface area contributed by atoms with Gasteiger partial charge in [0, 0.05) is 44.2 Å². The molecule has 0 bridgehead atoms. The molecule has 0 atom stereocenters. The normalized spacial score (nSPS) is 18.8. The number of nitrogens with one attached hydrogen (secondary N) is 1. The Labute approximate surface area is 113 Å². The maximum absolute atomic E-state index is 10.3. The predicted molar refractivity (Wildman–Crippen MR) is 72.9 cm³/mol. The summed E-state index contributed by atoms with van der Waals surface area (Å²) in [4.78, 5) is 0. The van der Waals surface area contributed by atoms with E-state index in [9.17, 15) is 5.11 Å². The monoisotopic (exact) mass is 269 g/mol. The molecule has 18 heavy (non-hydrogen) atoms. The van der Waals surface area contributed by atoms with Gasteiger partial charge in [0.15, 0.2) is 0 Å². The van der Waals surface area contributed by atoms with Crippen LogP contribution in [0.1, 0.15) is 24.0 Å². The molecule has 4 heteroatoms. The number of hydrogen-bond acceptors (Lipinski definition) is 3. The Hall–Kier alpha value is -0.610. The summed E-state index contributed by atoms with van der Waals surface area (Å²) >= 11 is 5.98. The lowest BCUT2D eigenvalue weighted by Crippen LogP contribution is -2.44. The highest BCUT2D eigenvalue weighted by Crippen LogP contribution is 2.20. The first-order chi connectivity index (χ1) is 8.59. The average Bonchev–Trinajstić information content (AvgIpc) is 2.34. The van der Waals surface area contributed by atoms with Crippen molar-refractivity contribution in [2.24, 2.45) is 0 Å². The van der Waals surface area contributed by atoms with Crippen LogP contribution in [0.2, 0.25) is 5.02 Å². The second-order valence-electron chi connectivity index (χ2n) is 5.02. The molecule has 0 aliphatic carbocycles. The fourth-order valence-corrected chi connectivity index (χ4v) is 2.30. The van der Waals surface area contributed by atoms with Gasteiger partial charge in [-0.3, -0.25) is 0 Å². The van der Waals surface area contributed by atoms with E-state index in [0.717, 1.165) is 17.1 Å². The van der Waals surface area contributed by atoms with Crippen LogP contribution in [0.5, 0.6) is 0 Å². The molecule has 1 aliphatic heterocycles. The van der Waals surface area contributed by atoms with Gasteiger partial charge >= 0.3 is 0 Å². The Balaban J connectivity index is 1.82. The molecule has 0 spiro atoms. The van der Waals surface area contributed by atoms with E-state index >= 15 is 0 Å². The van der Waals surface area contributed by atoms with Gasteiger partial charge in [-0.15, -0.1) is 0 Å². The van der Waals surface area contributed by atoms with Gasteiger partial charge in [0.05, 0.1) is 5.60 Å². The predicted octanol–water partition coefficient (Wildman–Crippen LogP) is 2.28. The number of aryl methyl sites for hydroxylation is 1. The highest BCUT2D eigenvalue weighted by molar-refractivity contribution is 6.31. The van der Waals surface area contributed by atoms with E-state index in [1.807, 2.05) is 19.1 Å². The smallest absolute Gasteiger partial charge is 0.0815 e. The number of hydrogen-bond donors (Lipinski definition) is 2. The third kappa shape index (κ3) is 3.69. The van der Waals surface area contributed by atoms with Crippen molar-refractivity contribution >= 4 is 11.6 Å². The molecule has 100 valence electrons. The summed E-state index contributed by atoms with van der Waals surface area (Å²) in [5, 5.41) is 14.4. The topological polar surface area (TPSA) is 41.5 Å². The van der Waals surface area contributed by atoms with Gasteiger partial charge in [0.2, 0.25) is 0 Å². The van der Waals surface area contributed by atoms with Gasteiger partial charge in [-0.1, -0.05) is 23.7 Å². The molecule has 2 N–H and O–H groups in total. The number of ether oxygens (including phenoxy) is 1. The van der Waals surface area contributed by atoms with E-state index in [2.05, 4.69) is 11.4 Å². The third-order valence-corrected chi connectivity index (χ3v) is 3.85. The minimum Gasteiger partial charge on any atom is -0.388 e. The summed E-state index contributed by atoms with van der Waals surface area (Å²) in [6, 6.07) is 6.00. The van der Waals surface area contributed by atoms with Crippen LogP contribution in [-0.2, 0) is 11.3 Å². The van der Waals surface area contributed by atoms with Crippen molar-refractivity contribution in [1.82, 2.24) is 5.32 Å². The van der Waals surface area contributed by atoms with Gasteiger partial charge in [-0.2, -0.15) is 0 Å². The standard InChI is InChI=1S/C14H20ClNO2/c1-11-8-12(2-3-13(11)15)9-16-10-14(17)4-6-18-7-5-14/h2-3,8,16-17H,4-7,9-10H2,1H3. The molecule has 1 fully saturated rings. The van der Waals surface area contributed by atoms with E-state index < -0.39 is 5.60 Å². The van der Waals surface area contributed by atoms with Crippen molar-refractivity contribution in [2.45, 2.75) is 31.9 Å². The summed E-state index contributed by atoms with van der Waals surface area (Å²) < 4.78 is 5.26. The van der Waals surface area contributed by atoms with Crippen LogP contribution in [0, 0.1) is 6.92 Å². The summed E-state index contributed by atoms with van der Waals surface area (Å²) in [5.41, 5.74) is 1.66. The fourth-order valence-electron chi connectivity index (χ4n) is 2.18. The average molecular weight is 270 g/mol. The van der Waals surface area contributed by atoms with Crippen LogP contribution >= 0.6 is 11.6 Å². The van der Waals surface area contributed by atoms with E-state index in [0.29, 0.717) is 32.6 Å². The lowest BCUT2D eigenvalue weighted by atomic mass is 9.94. The largest absolute Gasteiger partial charge is 0.388 e. The van der Waals surface area contributed by atoms with Crippen LogP contribution in [0.4, 0.5) is 0 Å². The van der Waals surface area contributed by atoms with Gasteiger partial charge in [-0.25, -0.2) is 0 Å². The molecule has 1 aromatic carbocycles. The molecule has 2 rings (SSSR count). The molecule has 3 nitrogen and oxygen atoms in total. The minimum absolute atomic E-state index is 0.609. The molecule has 1 aromatic rings. The van der Waals surface area contributed by atoms with Crippen molar-refractivity contribution in [3.63, 3.8) is 0 Å². The summed E-state index contributed by atoms with van der Waals surface area (Å²) in [6.45, 7) is 4.66. The number of halogens is 1. The van der Waals surface area contributed by atoms with Crippen LogP contribution in [0.3, 0.4) is 0 Å². The molecule has 1 heterocycles. The number of rotatable bonds is 4. The van der Waals surface area contributed by atoms with Crippen LogP contribution in [0.25, 0.3) is 0 Å². The Kier molecular flexibility index (Phi) is 4.62. The Morgan fingerprint density at radius 2 is 2.11 bits per heavy atom. The number of benzene rings is 1. The van der Waals surface area contributed by atoms with Crippen LogP contribution in [-0.4, -0.2) is 30.5 Å². The SMILES string of the molecule is Cc1cc(CNCC2(O)CCOCC2)ccc1Cl. The molecule has 0 amide bonds. The Morgan fingerprint density at radius 3 is 2.78 bits per heavy atom. The second-order valence-corrected chi connectivity index (χ2v) is 5.43. The van der Waals surface area contributed by atoms with E-state index in [4.69, 9.17) is 16.3 Å². The zero-order valence-electron chi connectivity index (χ0n) is 10.7. The van der Waals surface area contributed by atoms with Gasteiger partial charge < -0.3 is 15.2 Å².